The molecule has 0 fully saturated rings. The first-order valence-electron chi connectivity index (χ1n) is 6.08. The molecule has 0 saturated carbocycles. The van der Waals surface area contributed by atoms with Crippen molar-refractivity contribution in [2.45, 2.75) is 38.0 Å². The summed E-state index contributed by atoms with van der Waals surface area (Å²) in [5.41, 5.74) is -1.49. The standard InChI is InChI=1S/C14H18O4.Li.H/c1-2-3-7-10-14(12(15)16,13(17)18)11-8-5-4-6-9-11;;/h4-6,8-9H,2-3,7,10H2,1H3,(H,15,16)(H,17,18);;/q;+1;-1. The van der Waals surface area contributed by atoms with E-state index in [2.05, 4.69) is 0 Å². The summed E-state index contributed by atoms with van der Waals surface area (Å²) >= 11 is 0. The first kappa shape index (κ1) is 17.8. The van der Waals surface area contributed by atoms with Crippen LogP contribution >= 0.6 is 0 Å². The Kier molecular flexibility index (Phi) is 7.51. The fourth-order valence-corrected chi connectivity index (χ4v) is 2.06. The first-order chi connectivity index (χ1) is 8.55. The third-order valence-corrected chi connectivity index (χ3v) is 3.15. The zero-order valence-corrected chi connectivity index (χ0v) is 11.4. The number of hydrogen-bond acceptors (Lipinski definition) is 2. The summed E-state index contributed by atoms with van der Waals surface area (Å²) in [5, 5.41) is 18.7. The summed E-state index contributed by atoms with van der Waals surface area (Å²) in [6, 6.07) is 8.19. The van der Waals surface area contributed by atoms with Crippen molar-refractivity contribution in [3.05, 3.63) is 35.9 Å². The maximum atomic E-state index is 11.5. The number of carboxylic acids is 2. The van der Waals surface area contributed by atoms with Crippen molar-refractivity contribution in [2.75, 3.05) is 0 Å². The SMILES string of the molecule is CCCCCC(C(=O)O)(C(=O)O)c1ccccc1.[H-].[Li+]. The minimum atomic E-state index is -1.82. The van der Waals surface area contributed by atoms with Crippen LogP contribution in [0.15, 0.2) is 30.3 Å². The van der Waals surface area contributed by atoms with Gasteiger partial charge in [0.2, 0.25) is 0 Å². The molecule has 5 heteroatoms. The number of rotatable bonds is 7. The summed E-state index contributed by atoms with van der Waals surface area (Å²) < 4.78 is 0. The molecule has 2 N–H and O–H groups in total. The van der Waals surface area contributed by atoms with Crippen molar-refractivity contribution < 1.29 is 40.1 Å². The van der Waals surface area contributed by atoms with E-state index in [1.165, 1.54) is 0 Å². The van der Waals surface area contributed by atoms with Gasteiger partial charge in [0.15, 0.2) is 5.41 Å². The Morgan fingerprint density at radius 3 is 2.05 bits per heavy atom. The Morgan fingerprint density at radius 2 is 1.63 bits per heavy atom. The van der Waals surface area contributed by atoms with E-state index in [-0.39, 0.29) is 26.7 Å². The second-order valence-corrected chi connectivity index (χ2v) is 4.34. The van der Waals surface area contributed by atoms with Gasteiger partial charge < -0.3 is 11.6 Å². The van der Waals surface area contributed by atoms with Gasteiger partial charge in [0.25, 0.3) is 0 Å². The van der Waals surface area contributed by atoms with Crippen LogP contribution in [0, 0.1) is 0 Å². The van der Waals surface area contributed by atoms with Crippen molar-refractivity contribution in [1.82, 2.24) is 0 Å². The molecular formula is C14H19LiO4. The van der Waals surface area contributed by atoms with E-state index >= 15 is 0 Å². The molecule has 0 heterocycles. The van der Waals surface area contributed by atoms with Gasteiger partial charge in [-0.1, -0.05) is 56.5 Å². The van der Waals surface area contributed by atoms with E-state index in [0.29, 0.717) is 12.0 Å². The summed E-state index contributed by atoms with van der Waals surface area (Å²) in [4.78, 5) is 23.0. The smallest absolute Gasteiger partial charge is 1.00 e. The van der Waals surface area contributed by atoms with E-state index in [4.69, 9.17) is 0 Å². The van der Waals surface area contributed by atoms with Crippen LogP contribution in [0.4, 0.5) is 0 Å². The Hall–Kier alpha value is -1.24. The van der Waals surface area contributed by atoms with Gasteiger partial charge in [0, 0.05) is 0 Å². The maximum absolute atomic E-state index is 11.5. The third kappa shape index (κ3) is 3.86. The van der Waals surface area contributed by atoms with E-state index in [1.54, 1.807) is 30.3 Å². The summed E-state index contributed by atoms with van der Waals surface area (Å²) in [7, 11) is 0. The summed E-state index contributed by atoms with van der Waals surface area (Å²) in [5.74, 6) is -2.59. The number of unbranched alkanes of at least 4 members (excludes halogenated alkanes) is 2. The molecular weight excluding hydrogens is 239 g/mol. The van der Waals surface area contributed by atoms with Gasteiger partial charge in [-0.3, -0.25) is 9.59 Å². The number of carbonyl (C=O) groups is 2. The minimum Gasteiger partial charge on any atom is -1.00 e. The van der Waals surface area contributed by atoms with Crippen LogP contribution < -0.4 is 18.9 Å². The normalized spacial score (nSPS) is 10.6. The molecule has 1 aromatic rings. The van der Waals surface area contributed by atoms with Crippen molar-refractivity contribution in [1.29, 1.82) is 0 Å². The fraction of sp³-hybridized carbons (Fsp3) is 0.429. The molecule has 0 aromatic heterocycles. The predicted molar refractivity (Wildman–Crippen MR) is 68.6 cm³/mol. The topological polar surface area (TPSA) is 74.6 Å². The molecule has 0 bridgehead atoms. The number of benzene rings is 1. The third-order valence-electron chi connectivity index (χ3n) is 3.15. The Balaban J connectivity index is 0. The predicted octanol–water partition coefficient (Wildman–Crippen LogP) is -0.210. The van der Waals surface area contributed by atoms with Crippen LogP contribution in [0.25, 0.3) is 0 Å². The second-order valence-electron chi connectivity index (χ2n) is 4.34. The Labute approximate surface area is 126 Å². The van der Waals surface area contributed by atoms with Crippen molar-refractivity contribution in [2.24, 2.45) is 0 Å². The molecule has 0 aliphatic carbocycles. The van der Waals surface area contributed by atoms with Gasteiger partial charge in [-0.25, -0.2) is 0 Å². The molecule has 1 rings (SSSR count). The molecule has 1 aromatic carbocycles. The summed E-state index contributed by atoms with van der Waals surface area (Å²) in [6.07, 6.45) is 2.46. The van der Waals surface area contributed by atoms with Crippen molar-refractivity contribution in [3.63, 3.8) is 0 Å². The molecule has 0 radical (unpaired) electrons. The van der Waals surface area contributed by atoms with Gasteiger partial charge in [0.05, 0.1) is 0 Å². The quantitative estimate of drug-likeness (QED) is 0.403. The van der Waals surface area contributed by atoms with Gasteiger partial charge in [-0.2, -0.15) is 0 Å². The molecule has 0 spiro atoms. The number of aliphatic carboxylic acids is 2. The van der Waals surface area contributed by atoms with Crippen LogP contribution in [-0.4, -0.2) is 22.2 Å². The Morgan fingerprint density at radius 1 is 1.11 bits per heavy atom. The number of hydrogen-bond donors (Lipinski definition) is 2. The van der Waals surface area contributed by atoms with Crippen molar-refractivity contribution in [3.8, 4) is 0 Å². The average molecular weight is 258 g/mol. The van der Waals surface area contributed by atoms with Crippen LogP contribution in [0.3, 0.4) is 0 Å². The van der Waals surface area contributed by atoms with E-state index in [0.717, 1.165) is 12.8 Å². The second kappa shape index (κ2) is 8.03. The van der Waals surface area contributed by atoms with Crippen LogP contribution in [0.5, 0.6) is 0 Å². The van der Waals surface area contributed by atoms with Gasteiger partial charge in [0.1, 0.15) is 0 Å². The van der Waals surface area contributed by atoms with Gasteiger partial charge in [-0.15, -0.1) is 0 Å². The molecule has 100 valence electrons. The number of carboxylic acid groups (broad SMARTS) is 2. The average Bonchev–Trinajstić information content (AvgIpc) is 2.35. The largest absolute Gasteiger partial charge is 1.00 e. The van der Waals surface area contributed by atoms with Crippen LogP contribution in [-0.2, 0) is 15.0 Å². The van der Waals surface area contributed by atoms with Crippen LogP contribution in [0.1, 0.15) is 39.6 Å². The van der Waals surface area contributed by atoms with Crippen molar-refractivity contribution >= 4 is 11.9 Å². The fourth-order valence-electron chi connectivity index (χ4n) is 2.06. The molecule has 0 atom stereocenters. The molecule has 0 aliphatic rings. The van der Waals surface area contributed by atoms with Gasteiger partial charge >= 0.3 is 30.8 Å². The minimum absolute atomic E-state index is 0. The Bertz CT molecular complexity index is 408. The molecule has 0 unspecified atom stereocenters. The summed E-state index contributed by atoms with van der Waals surface area (Å²) in [6.45, 7) is 1.99. The maximum Gasteiger partial charge on any atom is 1.00 e. The zero-order valence-electron chi connectivity index (χ0n) is 12.4. The molecule has 19 heavy (non-hydrogen) atoms. The molecule has 0 saturated heterocycles. The van der Waals surface area contributed by atoms with E-state index in [9.17, 15) is 19.8 Å². The van der Waals surface area contributed by atoms with Gasteiger partial charge in [-0.05, 0) is 12.0 Å². The van der Waals surface area contributed by atoms with Crippen LogP contribution in [0.2, 0.25) is 0 Å². The molecule has 0 aliphatic heterocycles. The monoisotopic (exact) mass is 258 g/mol. The molecule has 0 amide bonds. The molecule has 4 nitrogen and oxygen atoms in total. The van der Waals surface area contributed by atoms with E-state index < -0.39 is 17.4 Å². The first-order valence-corrected chi connectivity index (χ1v) is 6.08. The van der Waals surface area contributed by atoms with E-state index in [1.807, 2.05) is 6.92 Å². The zero-order chi connectivity index (χ0) is 13.6.